The van der Waals surface area contributed by atoms with E-state index in [0.29, 0.717) is 5.92 Å². The van der Waals surface area contributed by atoms with E-state index in [0.717, 1.165) is 44.3 Å². The molecule has 0 aliphatic carbocycles. The number of hydrogen-bond donors (Lipinski definition) is 2. The van der Waals surface area contributed by atoms with Gasteiger partial charge < -0.3 is 15.5 Å². The molecule has 1 atom stereocenters. The van der Waals surface area contributed by atoms with E-state index in [-0.39, 0.29) is 0 Å². The lowest BCUT2D eigenvalue weighted by molar-refractivity contribution is 0.326. The molecule has 6 nitrogen and oxygen atoms in total. The Morgan fingerprint density at radius 3 is 2.80 bits per heavy atom. The number of rotatable bonds is 9. The van der Waals surface area contributed by atoms with Gasteiger partial charge in [0.05, 0.1) is 5.69 Å². The zero-order valence-electron chi connectivity index (χ0n) is 16.5. The molecule has 0 bridgehead atoms. The minimum absolute atomic E-state index is 0.705. The Bertz CT molecular complexity index is 536. The van der Waals surface area contributed by atoms with Crippen LogP contribution in [0.25, 0.3) is 0 Å². The molecule has 1 aromatic heterocycles. The minimum atomic E-state index is 0.705. The van der Waals surface area contributed by atoms with E-state index in [1.165, 1.54) is 38.2 Å². The van der Waals surface area contributed by atoms with Crippen LogP contribution in [-0.2, 0) is 6.54 Å². The molecule has 1 saturated heterocycles. The highest BCUT2D eigenvalue weighted by Gasteiger charge is 2.21. The van der Waals surface area contributed by atoms with Gasteiger partial charge in [0.2, 0.25) is 0 Å². The summed E-state index contributed by atoms with van der Waals surface area (Å²) in [6.07, 6.45) is 3.57. The molecule has 1 unspecified atom stereocenters. The van der Waals surface area contributed by atoms with Crippen molar-refractivity contribution in [1.82, 2.24) is 25.3 Å². The number of guanidine groups is 1. The van der Waals surface area contributed by atoms with Gasteiger partial charge in [-0.15, -0.1) is 0 Å². The van der Waals surface area contributed by atoms with Crippen LogP contribution in [0.5, 0.6) is 0 Å². The third kappa shape index (κ3) is 6.69. The van der Waals surface area contributed by atoms with Crippen LogP contribution in [0.2, 0.25) is 0 Å². The Balaban J connectivity index is 1.71. The smallest absolute Gasteiger partial charge is 0.191 e. The lowest BCUT2D eigenvalue weighted by Crippen LogP contribution is -2.38. The molecule has 1 aliphatic rings. The van der Waals surface area contributed by atoms with Crippen LogP contribution in [-0.4, -0.2) is 59.9 Å². The normalized spacial score (nSPS) is 18.7. The van der Waals surface area contributed by atoms with Gasteiger partial charge in [0.15, 0.2) is 5.96 Å². The molecule has 0 amide bonds. The number of nitrogens with one attached hydrogen (secondary N) is 2. The van der Waals surface area contributed by atoms with Gasteiger partial charge in [-0.1, -0.05) is 6.92 Å². The summed E-state index contributed by atoms with van der Waals surface area (Å²) in [7, 11) is 0. The fraction of sp³-hybridized carbons (Fsp3) is 0.789. The van der Waals surface area contributed by atoms with E-state index in [1.54, 1.807) is 0 Å². The molecule has 1 aliphatic heterocycles. The zero-order valence-corrected chi connectivity index (χ0v) is 16.5. The lowest BCUT2D eigenvalue weighted by Gasteiger charge is -2.15. The molecule has 0 saturated carbocycles. The molecule has 0 radical (unpaired) electrons. The summed E-state index contributed by atoms with van der Waals surface area (Å²) >= 11 is 0. The maximum Gasteiger partial charge on any atom is 0.191 e. The van der Waals surface area contributed by atoms with E-state index < -0.39 is 0 Å². The summed E-state index contributed by atoms with van der Waals surface area (Å²) in [4.78, 5) is 7.37. The van der Waals surface area contributed by atoms with Crippen molar-refractivity contribution in [1.29, 1.82) is 0 Å². The molecular formula is C19H36N6. The Morgan fingerprint density at radius 1 is 1.28 bits per heavy atom. The third-order valence-electron chi connectivity index (χ3n) is 4.70. The fourth-order valence-corrected chi connectivity index (χ4v) is 3.48. The Labute approximate surface area is 153 Å². The van der Waals surface area contributed by atoms with Crippen molar-refractivity contribution in [3.63, 3.8) is 0 Å². The van der Waals surface area contributed by atoms with Gasteiger partial charge in [-0.25, -0.2) is 0 Å². The molecule has 1 fully saturated rings. The van der Waals surface area contributed by atoms with Gasteiger partial charge in [-0.3, -0.25) is 9.67 Å². The SMILES string of the molecule is CCCN1CCC(CN=C(NCC)NCCCn2nc(C)cc2C)C1. The largest absolute Gasteiger partial charge is 0.357 e. The second-order valence-corrected chi connectivity index (χ2v) is 7.11. The summed E-state index contributed by atoms with van der Waals surface area (Å²) < 4.78 is 2.09. The topological polar surface area (TPSA) is 57.5 Å². The zero-order chi connectivity index (χ0) is 18.1. The van der Waals surface area contributed by atoms with Crippen LogP contribution in [0.1, 0.15) is 44.5 Å². The molecule has 25 heavy (non-hydrogen) atoms. The Hall–Kier alpha value is -1.56. The predicted octanol–water partition coefficient (Wildman–Crippen LogP) is 2.18. The van der Waals surface area contributed by atoms with Crippen LogP contribution in [0.15, 0.2) is 11.1 Å². The van der Waals surface area contributed by atoms with Crippen molar-refractivity contribution in [2.45, 2.75) is 53.5 Å². The highest BCUT2D eigenvalue weighted by molar-refractivity contribution is 5.79. The van der Waals surface area contributed by atoms with Crippen LogP contribution in [0.3, 0.4) is 0 Å². The van der Waals surface area contributed by atoms with E-state index in [4.69, 9.17) is 4.99 Å². The average molecular weight is 349 g/mol. The number of likely N-dealkylation sites (tertiary alicyclic amines) is 1. The van der Waals surface area contributed by atoms with E-state index in [1.807, 2.05) is 6.92 Å². The number of aromatic nitrogens is 2. The minimum Gasteiger partial charge on any atom is -0.357 e. The Morgan fingerprint density at radius 2 is 2.12 bits per heavy atom. The monoisotopic (exact) mass is 348 g/mol. The molecule has 2 heterocycles. The highest BCUT2D eigenvalue weighted by atomic mass is 15.3. The molecular weight excluding hydrogens is 312 g/mol. The third-order valence-corrected chi connectivity index (χ3v) is 4.70. The lowest BCUT2D eigenvalue weighted by atomic mass is 10.1. The number of aliphatic imine (C=N–C) groups is 1. The van der Waals surface area contributed by atoms with Crippen molar-refractivity contribution in [3.8, 4) is 0 Å². The predicted molar refractivity (Wildman–Crippen MR) is 105 cm³/mol. The van der Waals surface area contributed by atoms with E-state index in [9.17, 15) is 0 Å². The molecule has 142 valence electrons. The molecule has 0 aromatic carbocycles. The molecule has 1 aromatic rings. The summed E-state index contributed by atoms with van der Waals surface area (Å²) in [5.41, 5.74) is 2.32. The van der Waals surface area contributed by atoms with Crippen molar-refractivity contribution >= 4 is 5.96 Å². The summed E-state index contributed by atoms with van der Waals surface area (Å²) in [5.74, 6) is 1.65. The van der Waals surface area contributed by atoms with Crippen molar-refractivity contribution < 1.29 is 0 Å². The first-order chi connectivity index (χ1) is 12.1. The first kappa shape index (κ1) is 19.8. The van der Waals surface area contributed by atoms with Crippen molar-refractivity contribution in [3.05, 3.63) is 17.5 Å². The average Bonchev–Trinajstić information content (AvgIpc) is 3.15. The van der Waals surface area contributed by atoms with Crippen LogP contribution in [0, 0.1) is 19.8 Å². The van der Waals surface area contributed by atoms with Crippen molar-refractivity contribution in [2.75, 3.05) is 39.3 Å². The van der Waals surface area contributed by atoms with Gasteiger partial charge in [-0.05, 0) is 65.1 Å². The summed E-state index contributed by atoms with van der Waals surface area (Å²) in [6, 6.07) is 2.13. The second-order valence-electron chi connectivity index (χ2n) is 7.11. The maximum absolute atomic E-state index is 4.80. The molecule has 2 rings (SSSR count). The van der Waals surface area contributed by atoms with Crippen LogP contribution >= 0.6 is 0 Å². The fourth-order valence-electron chi connectivity index (χ4n) is 3.48. The first-order valence-corrected chi connectivity index (χ1v) is 9.88. The van der Waals surface area contributed by atoms with Crippen LogP contribution in [0.4, 0.5) is 0 Å². The quantitative estimate of drug-likeness (QED) is 0.408. The van der Waals surface area contributed by atoms with E-state index >= 15 is 0 Å². The second kappa shape index (κ2) is 10.4. The molecule has 0 spiro atoms. The van der Waals surface area contributed by atoms with Gasteiger partial charge in [0.25, 0.3) is 0 Å². The first-order valence-electron chi connectivity index (χ1n) is 9.88. The van der Waals surface area contributed by atoms with Gasteiger partial charge in [-0.2, -0.15) is 5.10 Å². The summed E-state index contributed by atoms with van der Waals surface area (Å²) in [5, 5.41) is 11.3. The Kier molecular flexibility index (Phi) is 8.25. The summed E-state index contributed by atoms with van der Waals surface area (Å²) in [6.45, 7) is 15.9. The number of hydrogen-bond acceptors (Lipinski definition) is 3. The van der Waals surface area contributed by atoms with Crippen molar-refractivity contribution in [2.24, 2.45) is 10.9 Å². The molecule has 2 N–H and O–H groups in total. The number of nitrogens with zero attached hydrogens (tertiary/aromatic N) is 4. The van der Waals surface area contributed by atoms with Crippen LogP contribution < -0.4 is 10.6 Å². The molecule has 6 heteroatoms. The maximum atomic E-state index is 4.80. The van der Waals surface area contributed by atoms with Gasteiger partial charge in [0, 0.05) is 38.4 Å². The van der Waals surface area contributed by atoms with E-state index in [2.05, 4.69) is 52.2 Å². The van der Waals surface area contributed by atoms with Gasteiger partial charge in [0.1, 0.15) is 0 Å². The highest BCUT2D eigenvalue weighted by Crippen LogP contribution is 2.16. The van der Waals surface area contributed by atoms with Gasteiger partial charge >= 0.3 is 0 Å². The number of aryl methyl sites for hydroxylation is 3. The standard InChI is InChI=1S/C19H36N6/c1-5-10-24-12-8-18(15-24)14-22-19(20-6-2)21-9-7-11-25-17(4)13-16(3)23-25/h13,18H,5-12,14-15H2,1-4H3,(H2,20,21,22).